The standard InChI is InChI=1S/C26H27N3O5/c30-24(18-27-16-15-19-7-3-1-4-8-19)28-17-23(26(32)34-33)29-25(31)22-13-11-21(12-14-22)20-9-5-2-6-10-20/h1-14,23,27,33H,15-18H2,(H,28,30)(H,29,31)/t23-/m0/s1. The molecule has 3 aromatic rings. The number of amides is 2. The van der Waals surface area contributed by atoms with E-state index in [1.54, 1.807) is 24.3 Å². The van der Waals surface area contributed by atoms with Gasteiger partial charge in [-0.1, -0.05) is 72.8 Å². The van der Waals surface area contributed by atoms with E-state index < -0.39 is 17.9 Å². The van der Waals surface area contributed by atoms with Crippen LogP contribution in [-0.4, -0.2) is 48.7 Å². The Morgan fingerprint density at radius 2 is 1.44 bits per heavy atom. The van der Waals surface area contributed by atoms with Crippen LogP contribution in [0.2, 0.25) is 0 Å². The molecule has 8 nitrogen and oxygen atoms in total. The number of hydrogen-bond acceptors (Lipinski definition) is 6. The largest absolute Gasteiger partial charge is 0.365 e. The Morgan fingerprint density at radius 3 is 2.09 bits per heavy atom. The molecule has 176 valence electrons. The van der Waals surface area contributed by atoms with Crippen LogP contribution in [0.25, 0.3) is 11.1 Å². The first kappa shape index (κ1) is 24.6. The van der Waals surface area contributed by atoms with Crippen LogP contribution < -0.4 is 16.0 Å². The molecule has 0 radical (unpaired) electrons. The molecular formula is C26H27N3O5. The van der Waals surface area contributed by atoms with Crippen LogP contribution in [0, 0.1) is 0 Å². The van der Waals surface area contributed by atoms with Gasteiger partial charge in [0.05, 0.1) is 6.54 Å². The Hall–Kier alpha value is -4.01. The van der Waals surface area contributed by atoms with Crippen molar-refractivity contribution in [2.24, 2.45) is 0 Å². The maximum absolute atomic E-state index is 12.6. The molecule has 0 fully saturated rings. The average molecular weight is 462 g/mol. The number of nitrogens with one attached hydrogen (secondary N) is 3. The van der Waals surface area contributed by atoms with Crippen LogP contribution >= 0.6 is 0 Å². The van der Waals surface area contributed by atoms with E-state index >= 15 is 0 Å². The molecule has 1 atom stereocenters. The highest BCUT2D eigenvalue weighted by molar-refractivity contribution is 5.97. The number of carbonyl (C=O) groups is 3. The molecule has 0 aliphatic heterocycles. The number of carbonyl (C=O) groups excluding carboxylic acids is 3. The summed E-state index contributed by atoms with van der Waals surface area (Å²) in [7, 11) is 0. The van der Waals surface area contributed by atoms with Crippen LogP contribution in [0.1, 0.15) is 15.9 Å². The topological polar surface area (TPSA) is 117 Å². The molecule has 3 aromatic carbocycles. The minimum absolute atomic E-state index is 0.0443. The van der Waals surface area contributed by atoms with Crippen molar-refractivity contribution in [3.63, 3.8) is 0 Å². The summed E-state index contributed by atoms with van der Waals surface area (Å²) in [5, 5.41) is 16.8. The summed E-state index contributed by atoms with van der Waals surface area (Å²) < 4.78 is 0. The smallest absolute Gasteiger partial charge is 0.352 e. The van der Waals surface area contributed by atoms with Gasteiger partial charge in [0, 0.05) is 12.1 Å². The molecule has 0 aliphatic rings. The predicted octanol–water partition coefficient (Wildman–Crippen LogP) is 2.42. The molecule has 0 saturated heterocycles. The second kappa shape index (κ2) is 12.9. The van der Waals surface area contributed by atoms with Crippen molar-refractivity contribution in [2.75, 3.05) is 19.6 Å². The second-order valence-corrected chi connectivity index (χ2v) is 7.60. The highest BCUT2D eigenvalue weighted by Crippen LogP contribution is 2.19. The van der Waals surface area contributed by atoms with E-state index in [0.717, 1.165) is 23.1 Å². The molecule has 0 spiro atoms. The maximum atomic E-state index is 12.6. The first-order valence-corrected chi connectivity index (χ1v) is 10.9. The molecule has 0 aliphatic carbocycles. The third-order valence-corrected chi connectivity index (χ3v) is 5.16. The zero-order chi connectivity index (χ0) is 24.2. The molecule has 2 amide bonds. The van der Waals surface area contributed by atoms with E-state index in [4.69, 9.17) is 5.26 Å². The van der Waals surface area contributed by atoms with Crippen LogP contribution in [0.5, 0.6) is 0 Å². The van der Waals surface area contributed by atoms with Crippen LogP contribution in [0.3, 0.4) is 0 Å². The Balaban J connectivity index is 1.47. The monoisotopic (exact) mass is 461 g/mol. The van der Waals surface area contributed by atoms with Crippen molar-refractivity contribution < 1.29 is 24.5 Å². The van der Waals surface area contributed by atoms with Crippen molar-refractivity contribution in [3.05, 3.63) is 96.1 Å². The van der Waals surface area contributed by atoms with Gasteiger partial charge in [0.1, 0.15) is 6.04 Å². The second-order valence-electron chi connectivity index (χ2n) is 7.60. The maximum Gasteiger partial charge on any atom is 0.365 e. The van der Waals surface area contributed by atoms with Crippen molar-refractivity contribution in [1.82, 2.24) is 16.0 Å². The Kier molecular flexibility index (Phi) is 9.33. The SMILES string of the molecule is O=C(CNCCc1ccccc1)NC[C@H](NC(=O)c1ccc(-c2ccccc2)cc1)C(=O)OO. The fourth-order valence-electron chi connectivity index (χ4n) is 3.30. The third-order valence-electron chi connectivity index (χ3n) is 5.16. The Bertz CT molecular complexity index is 1070. The lowest BCUT2D eigenvalue weighted by Gasteiger charge is -2.16. The first-order valence-electron chi connectivity index (χ1n) is 10.9. The van der Waals surface area contributed by atoms with Gasteiger partial charge in [0.2, 0.25) is 5.91 Å². The normalized spacial score (nSPS) is 11.3. The van der Waals surface area contributed by atoms with Gasteiger partial charge in [-0.25, -0.2) is 4.79 Å². The van der Waals surface area contributed by atoms with Gasteiger partial charge in [0.25, 0.3) is 5.91 Å². The van der Waals surface area contributed by atoms with E-state index in [1.165, 1.54) is 0 Å². The quantitative estimate of drug-likeness (QED) is 0.198. The van der Waals surface area contributed by atoms with E-state index in [1.807, 2.05) is 60.7 Å². The minimum atomic E-state index is -1.25. The van der Waals surface area contributed by atoms with E-state index in [2.05, 4.69) is 20.8 Å². The number of benzene rings is 3. The van der Waals surface area contributed by atoms with E-state index in [-0.39, 0.29) is 19.0 Å². The van der Waals surface area contributed by atoms with Crippen LogP contribution in [0.4, 0.5) is 0 Å². The summed E-state index contributed by atoms with van der Waals surface area (Å²) in [6.07, 6.45) is 0.771. The average Bonchev–Trinajstić information content (AvgIpc) is 2.89. The van der Waals surface area contributed by atoms with Crippen LogP contribution in [0.15, 0.2) is 84.9 Å². The number of rotatable bonds is 11. The van der Waals surface area contributed by atoms with Crippen molar-refractivity contribution in [2.45, 2.75) is 12.5 Å². The van der Waals surface area contributed by atoms with Gasteiger partial charge in [-0.2, -0.15) is 5.26 Å². The number of hydrogen-bond donors (Lipinski definition) is 4. The molecule has 0 heterocycles. The molecule has 34 heavy (non-hydrogen) atoms. The lowest BCUT2D eigenvalue weighted by molar-refractivity contribution is -0.236. The molecular weight excluding hydrogens is 434 g/mol. The minimum Gasteiger partial charge on any atom is -0.352 e. The molecule has 0 saturated carbocycles. The zero-order valence-electron chi connectivity index (χ0n) is 18.6. The van der Waals surface area contributed by atoms with Gasteiger partial charge in [-0.05, 0) is 41.8 Å². The predicted molar refractivity (Wildman–Crippen MR) is 128 cm³/mol. The summed E-state index contributed by atoms with van der Waals surface area (Å²) in [5.74, 6) is -1.97. The van der Waals surface area contributed by atoms with Gasteiger partial charge in [-0.15, -0.1) is 0 Å². The third kappa shape index (κ3) is 7.54. The lowest BCUT2D eigenvalue weighted by Crippen LogP contribution is -2.50. The van der Waals surface area contributed by atoms with Gasteiger partial charge in [-0.3, -0.25) is 14.5 Å². The molecule has 0 aromatic heterocycles. The Labute approximate surface area is 197 Å². The van der Waals surface area contributed by atoms with E-state index in [0.29, 0.717) is 12.1 Å². The van der Waals surface area contributed by atoms with Gasteiger partial charge >= 0.3 is 5.97 Å². The summed E-state index contributed by atoms with van der Waals surface area (Å²) in [4.78, 5) is 40.4. The molecule has 0 bridgehead atoms. The molecule has 3 rings (SSSR count). The highest BCUT2D eigenvalue weighted by Gasteiger charge is 2.24. The Morgan fingerprint density at radius 1 is 0.824 bits per heavy atom. The van der Waals surface area contributed by atoms with Gasteiger partial charge < -0.3 is 16.0 Å². The molecule has 8 heteroatoms. The summed E-state index contributed by atoms with van der Waals surface area (Å²) >= 11 is 0. The van der Waals surface area contributed by atoms with Gasteiger partial charge in [0.15, 0.2) is 0 Å². The lowest BCUT2D eigenvalue weighted by atomic mass is 10.0. The summed E-state index contributed by atoms with van der Waals surface area (Å²) in [5.41, 5.74) is 3.43. The van der Waals surface area contributed by atoms with Crippen molar-refractivity contribution in [1.29, 1.82) is 0 Å². The van der Waals surface area contributed by atoms with Crippen molar-refractivity contribution >= 4 is 17.8 Å². The summed E-state index contributed by atoms with van der Waals surface area (Å²) in [6.45, 7) is 0.421. The molecule has 4 N–H and O–H groups in total. The van der Waals surface area contributed by atoms with Crippen LogP contribution in [-0.2, 0) is 20.9 Å². The van der Waals surface area contributed by atoms with Crippen molar-refractivity contribution in [3.8, 4) is 11.1 Å². The zero-order valence-corrected chi connectivity index (χ0v) is 18.6. The molecule has 0 unspecified atom stereocenters. The summed E-state index contributed by atoms with van der Waals surface area (Å²) in [6, 6.07) is 25.2. The van der Waals surface area contributed by atoms with E-state index in [9.17, 15) is 14.4 Å². The first-order chi connectivity index (χ1) is 16.6. The highest BCUT2D eigenvalue weighted by atomic mass is 17.1. The fraction of sp³-hybridized carbons (Fsp3) is 0.192. The fourth-order valence-corrected chi connectivity index (χ4v) is 3.30.